The van der Waals surface area contributed by atoms with Gasteiger partial charge in [0.2, 0.25) is 0 Å². The van der Waals surface area contributed by atoms with E-state index >= 15 is 0 Å². The van der Waals surface area contributed by atoms with Crippen molar-refractivity contribution in [3.8, 4) is 0 Å². The van der Waals surface area contributed by atoms with E-state index in [1.54, 1.807) is 16.0 Å². The number of aryl methyl sites for hydroxylation is 1. The summed E-state index contributed by atoms with van der Waals surface area (Å²) in [4.78, 5) is 32.6. The summed E-state index contributed by atoms with van der Waals surface area (Å²) in [6, 6.07) is 5.78. The highest BCUT2D eigenvalue weighted by Crippen LogP contribution is 2.14. The molecule has 25 heavy (non-hydrogen) atoms. The lowest BCUT2D eigenvalue weighted by Gasteiger charge is -2.35. The van der Waals surface area contributed by atoms with Crippen LogP contribution < -0.4 is 0 Å². The van der Waals surface area contributed by atoms with E-state index in [9.17, 15) is 9.59 Å². The van der Waals surface area contributed by atoms with Gasteiger partial charge in [0.25, 0.3) is 5.91 Å². The minimum Gasteiger partial charge on any atom is -0.444 e. The fourth-order valence-electron chi connectivity index (χ4n) is 2.83. The monoisotopic (exact) mass is 344 g/mol. The molecule has 0 radical (unpaired) electrons. The quantitative estimate of drug-likeness (QED) is 0.796. The predicted molar refractivity (Wildman–Crippen MR) is 93.6 cm³/mol. The molecule has 3 heterocycles. The van der Waals surface area contributed by atoms with Gasteiger partial charge in [0.15, 0.2) is 0 Å². The van der Waals surface area contributed by atoms with E-state index in [-0.39, 0.29) is 12.0 Å². The van der Waals surface area contributed by atoms with Crippen LogP contribution in [0.2, 0.25) is 0 Å². The number of pyridine rings is 1. The van der Waals surface area contributed by atoms with Crippen LogP contribution in [0.15, 0.2) is 24.4 Å². The van der Waals surface area contributed by atoms with Gasteiger partial charge in [-0.15, -0.1) is 0 Å². The lowest BCUT2D eigenvalue weighted by molar-refractivity contribution is 0.0140. The van der Waals surface area contributed by atoms with Gasteiger partial charge >= 0.3 is 6.09 Å². The van der Waals surface area contributed by atoms with Gasteiger partial charge in [0.1, 0.15) is 16.9 Å². The van der Waals surface area contributed by atoms with Crippen molar-refractivity contribution in [2.45, 2.75) is 33.3 Å². The molecule has 0 atom stereocenters. The Morgan fingerprint density at radius 1 is 1.08 bits per heavy atom. The van der Waals surface area contributed by atoms with Crippen LogP contribution >= 0.6 is 0 Å². The van der Waals surface area contributed by atoms with Gasteiger partial charge in [0.05, 0.1) is 0 Å². The molecule has 2 aromatic rings. The maximum atomic E-state index is 12.7. The topological polar surface area (TPSA) is 67.2 Å². The second-order valence-electron chi connectivity index (χ2n) is 7.28. The third-order valence-corrected chi connectivity index (χ3v) is 4.13. The molecule has 3 rings (SSSR count). The Balaban J connectivity index is 1.65. The second kappa shape index (κ2) is 6.38. The number of hydrogen-bond acceptors (Lipinski definition) is 4. The number of hydrogen-bond donors (Lipinski definition) is 0. The largest absolute Gasteiger partial charge is 0.444 e. The zero-order chi connectivity index (χ0) is 18.2. The molecule has 2 amide bonds. The van der Waals surface area contributed by atoms with E-state index in [1.165, 1.54) is 0 Å². The summed E-state index contributed by atoms with van der Waals surface area (Å²) in [5.74, 6) is -0.105. The average molecular weight is 344 g/mol. The van der Waals surface area contributed by atoms with Crippen LogP contribution in [-0.4, -0.2) is 63.0 Å². The van der Waals surface area contributed by atoms with Gasteiger partial charge in [-0.05, 0) is 39.8 Å². The fourth-order valence-corrected chi connectivity index (χ4v) is 2.83. The zero-order valence-corrected chi connectivity index (χ0v) is 15.2. The third-order valence-electron chi connectivity index (χ3n) is 4.13. The molecule has 7 heteroatoms. The highest BCUT2D eigenvalue weighted by molar-refractivity contribution is 5.93. The Bertz CT molecular complexity index is 798. The number of carbonyl (C=O) groups is 2. The molecular formula is C18H24N4O3. The second-order valence-corrected chi connectivity index (χ2v) is 7.28. The Kier molecular flexibility index (Phi) is 4.41. The van der Waals surface area contributed by atoms with Gasteiger partial charge in [0, 0.05) is 38.1 Å². The van der Waals surface area contributed by atoms with Gasteiger partial charge < -0.3 is 18.9 Å². The number of piperazine rings is 1. The Labute approximate surface area is 147 Å². The molecule has 2 aromatic heterocycles. The lowest BCUT2D eigenvalue weighted by atomic mass is 10.2. The smallest absolute Gasteiger partial charge is 0.410 e. The van der Waals surface area contributed by atoms with E-state index in [2.05, 4.69) is 4.98 Å². The number of fused-ring (bicyclic) bond motifs is 1. The van der Waals surface area contributed by atoms with Crippen LogP contribution in [0.5, 0.6) is 0 Å². The van der Waals surface area contributed by atoms with Crippen LogP contribution in [0.3, 0.4) is 0 Å². The van der Waals surface area contributed by atoms with E-state index in [0.29, 0.717) is 31.9 Å². The number of imidazole rings is 1. The van der Waals surface area contributed by atoms with Crippen LogP contribution in [0.25, 0.3) is 5.65 Å². The number of carbonyl (C=O) groups excluding carboxylic acids is 2. The molecule has 0 saturated carbocycles. The molecule has 0 bridgehead atoms. The van der Waals surface area contributed by atoms with Crippen LogP contribution in [-0.2, 0) is 4.74 Å². The molecule has 134 valence electrons. The molecule has 1 aliphatic rings. The first-order valence-electron chi connectivity index (χ1n) is 8.46. The Morgan fingerprint density at radius 2 is 1.72 bits per heavy atom. The molecule has 1 saturated heterocycles. The van der Waals surface area contributed by atoms with Crippen molar-refractivity contribution in [1.82, 2.24) is 19.2 Å². The minimum absolute atomic E-state index is 0.105. The molecular weight excluding hydrogens is 320 g/mol. The molecule has 0 unspecified atom stereocenters. The summed E-state index contributed by atoms with van der Waals surface area (Å²) in [6.07, 6.45) is 1.44. The summed E-state index contributed by atoms with van der Waals surface area (Å²) in [5.41, 5.74) is 1.70. The summed E-state index contributed by atoms with van der Waals surface area (Å²) >= 11 is 0. The van der Waals surface area contributed by atoms with E-state index < -0.39 is 5.60 Å². The van der Waals surface area contributed by atoms with Crippen molar-refractivity contribution in [3.05, 3.63) is 35.8 Å². The minimum atomic E-state index is -0.515. The summed E-state index contributed by atoms with van der Waals surface area (Å²) in [7, 11) is 0. The first kappa shape index (κ1) is 17.3. The van der Waals surface area contributed by atoms with E-state index in [0.717, 1.165) is 11.3 Å². The standard InChI is InChI=1S/C18H24N4O3/c1-13-6-5-7-15-19-14(12-22(13)15)16(23)20-8-10-21(11-9-20)17(24)25-18(2,3)4/h5-7,12H,8-11H2,1-4H3. The van der Waals surface area contributed by atoms with Gasteiger partial charge in [-0.3, -0.25) is 4.79 Å². The number of aromatic nitrogens is 2. The van der Waals surface area contributed by atoms with Crippen molar-refractivity contribution < 1.29 is 14.3 Å². The van der Waals surface area contributed by atoms with Crippen LogP contribution in [0.1, 0.15) is 37.0 Å². The van der Waals surface area contributed by atoms with Crippen molar-refractivity contribution in [2.75, 3.05) is 26.2 Å². The summed E-state index contributed by atoms with van der Waals surface area (Å²) in [5, 5.41) is 0. The maximum absolute atomic E-state index is 12.7. The first-order valence-corrected chi connectivity index (χ1v) is 8.46. The van der Waals surface area contributed by atoms with Gasteiger partial charge in [-0.2, -0.15) is 0 Å². The number of rotatable bonds is 1. The van der Waals surface area contributed by atoms with Crippen molar-refractivity contribution in [2.24, 2.45) is 0 Å². The van der Waals surface area contributed by atoms with Gasteiger partial charge in [-0.25, -0.2) is 9.78 Å². The summed E-state index contributed by atoms with van der Waals surface area (Å²) < 4.78 is 7.29. The third kappa shape index (κ3) is 3.75. The summed E-state index contributed by atoms with van der Waals surface area (Å²) in [6.45, 7) is 9.39. The molecule has 0 aliphatic carbocycles. The van der Waals surface area contributed by atoms with Crippen LogP contribution in [0, 0.1) is 6.92 Å². The van der Waals surface area contributed by atoms with E-state index in [1.807, 2.05) is 50.3 Å². The molecule has 0 aromatic carbocycles. The lowest BCUT2D eigenvalue weighted by Crippen LogP contribution is -2.51. The predicted octanol–water partition coefficient (Wildman–Crippen LogP) is 2.34. The van der Waals surface area contributed by atoms with Gasteiger partial charge in [-0.1, -0.05) is 6.07 Å². The number of amides is 2. The molecule has 0 N–H and O–H groups in total. The Morgan fingerprint density at radius 3 is 2.32 bits per heavy atom. The van der Waals surface area contributed by atoms with Crippen molar-refractivity contribution in [1.29, 1.82) is 0 Å². The molecule has 1 fully saturated rings. The molecule has 1 aliphatic heterocycles. The average Bonchev–Trinajstić information content (AvgIpc) is 2.98. The maximum Gasteiger partial charge on any atom is 0.410 e. The van der Waals surface area contributed by atoms with E-state index in [4.69, 9.17) is 4.74 Å². The van der Waals surface area contributed by atoms with Crippen LogP contribution in [0.4, 0.5) is 4.79 Å². The van der Waals surface area contributed by atoms with Crippen molar-refractivity contribution in [3.63, 3.8) is 0 Å². The highest BCUT2D eigenvalue weighted by Gasteiger charge is 2.28. The van der Waals surface area contributed by atoms with Crippen molar-refractivity contribution >= 4 is 17.6 Å². The zero-order valence-electron chi connectivity index (χ0n) is 15.2. The highest BCUT2D eigenvalue weighted by atomic mass is 16.6. The number of ether oxygens (including phenoxy) is 1. The SMILES string of the molecule is Cc1cccc2nc(C(=O)N3CCN(C(=O)OC(C)(C)C)CC3)cn12. The normalized spacial score (nSPS) is 15.5. The Hall–Kier alpha value is -2.57. The first-order chi connectivity index (χ1) is 11.7. The number of nitrogens with zero attached hydrogens (tertiary/aromatic N) is 4. The fraction of sp³-hybridized carbons (Fsp3) is 0.500. The molecule has 7 nitrogen and oxygen atoms in total. The molecule has 0 spiro atoms.